The van der Waals surface area contributed by atoms with Crippen molar-refractivity contribution in [2.75, 3.05) is 14.1 Å². The van der Waals surface area contributed by atoms with Gasteiger partial charge >= 0.3 is 6.36 Å². The summed E-state index contributed by atoms with van der Waals surface area (Å²) < 4.78 is 41.2. The van der Waals surface area contributed by atoms with Crippen LogP contribution in [0.1, 0.15) is 31.9 Å². The van der Waals surface area contributed by atoms with Gasteiger partial charge in [-0.3, -0.25) is 0 Å². The second-order valence-electron chi connectivity index (χ2n) is 5.09. The predicted octanol–water partition coefficient (Wildman–Crippen LogP) is 3.35. The van der Waals surface area contributed by atoms with E-state index in [0.717, 1.165) is 0 Å². The van der Waals surface area contributed by atoms with Gasteiger partial charge < -0.3 is 14.7 Å². The third-order valence-corrected chi connectivity index (χ3v) is 3.77. The number of rotatable bonds is 5. The first-order chi connectivity index (χ1) is 9.12. The lowest BCUT2D eigenvalue weighted by Crippen LogP contribution is -2.46. The number of hydrogen-bond acceptors (Lipinski definition) is 3. The van der Waals surface area contributed by atoms with E-state index in [9.17, 15) is 18.3 Å². The van der Waals surface area contributed by atoms with Gasteiger partial charge in [-0.15, -0.1) is 13.2 Å². The van der Waals surface area contributed by atoms with Crippen LogP contribution in [0.4, 0.5) is 13.2 Å². The first kappa shape index (κ1) is 16.8. The van der Waals surface area contributed by atoms with Gasteiger partial charge in [0, 0.05) is 11.1 Å². The number of aliphatic hydroxyl groups excluding tert-OH is 1. The minimum Gasteiger partial charge on any atom is -0.405 e. The summed E-state index contributed by atoms with van der Waals surface area (Å²) in [6.45, 7) is 3.67. The van der Waals surface area contributed by atoms with Crippen molar-refractivity contribution < 1.29 is 23.0 Å². The molecule has 1 rings (SSSR count). The van der Waals surface area contributed by atoms with Crippen molar-refractivity contribution in [3.05, 3.63) is 29.8 Å². The van der Waals surface area contributed by atoms with Gasteiger partial charge in [-0.05, 0) is 33.5 Å². The molecule has 0 radical (unpaired) electrons. The third-order valence-electron chi connectivity index (χ3n) is 3.77. The number of benzene rings is 1. The Morgan fingerprint density at radius 2 is 1.80 bits per heavy atom. The summed E-state index contributed by atoms with van der Waals surface area (Å²) >= 11 is 0. The largest absolute Gasteiger partial charge is 0.573 e. The Labute approximate surface area is 117 Å². The molecule has 0 spiro atoms. The molecule has 0 aliphatic heterocycles. The van der Waals surface area contributed by atoms with E-state index in [1.54, 1.807) is 32.0 Å². The number of halogens is 3. The predicted molar refractivity (Wildman–Crippen MR) is 70.5 cm³/mol. The number of aliphatic hydroxyl groups is 1. The van der Waals surface area contributed by atoms with Crippen LogP contribution < -0.4 is 4.74 Å². The molecule has 0 amide bonds. The summed E-state index contributed by atoms with van der Waals surface area (Å²) in [5.74, 6) is -0.367. The average Bonchev–Trinajstić information content (AvgIpc) is 2.35. The minimum atomic E-state index is -4.78. The molecule has 6 heteroatoms. The van der Waals surface area contributed by atoms with Crippen molar-refractivity contribution in [2.24, 2.45) is 0 Å². The van der Waals surface area contributed by atoms with Crippen LogP contribution in [0.5, 0.6) is 5.75 Å². The number of alkyl halides is 3. The van der Waals surface area contributed by atoms with E-state index in [4.69, 9.17) is 0 Å². The fraction of sp³-hybridized carbons (Fsp3) is 0.571. The summed E-state index contributed by atoms with van der Waals surface area (Å²) in [5.41, 5.74) is -0.562. The van der Waals surface area contributed by atoms with Gasteiger partial charge in [-0.25, -0.2) is 0 Å². The van der Waals surface area contributed by atoms with E-state index in [2.05, 4.69) is 4.74 Å². The number of nitrogens with zero attached hydrogens (tertiary/aromatic N) is 1. The molecule has 1 aromatic carbocycles. The quantitative estimate of drug-likeness (QED) is 0.903. The van der Waals surface area contributed by atoms with Gasteiger partial charge in [0.25, 0.3) is 0 Å². The fourth-order valence-electron chi connectivity index (χ4n) is 2.01. The highest BCUT2D eigenvalue weighted by Gasteiger charge is 2.38. The lowest BCUT2D eigenvalue weighted by Gasteiger charge is -2.40. The van der Waals surface area contributed by atoms with Gasteiger partial charge in [0.2, 0.25) is 0 Å². The molecule has 3 nitrogen and oxygen atoms in total. The summed E-state index contributed by atoms with van der Waals surface area (Å²) in [7, 11) is 3.56. The number of likely N-dealkylation sites (N-methyl/N-ethyl adjacent to an activating group) is 1. The lowest BCUT2D eigenvalue weighted by molar-refractivity contribution is -0.275. The normalized spacial score (nSPS) is 16.9. The Morgan fingerprint density at radius 3 is 2.25 bits per heavy atom. The molecule has 0 aliphatic rings. The van der Waals surface area contributed by atoms with Crippen LogP contribution in [0.15, 0.2) is 24.3 Å². The Bertz CT molecular complexity index is 448. The Hall–Kier alpha value is -1.27. The fourth-order valence-corrected chi connectivity index (χ4v) is 2.01. The lowest BCUT2D eigenvalue weighted by atomic mass is 9.85. The maximum Gasteiger partial charge on any atom is 0.573 e. The number of hydrogen-bond donors (Lipinski definition) is 1. The molecule has 1 N–H and O–H groups in total. The summed E-state index contributed by atoms with van der Waals surface area (Å²) in [4.78, 5) is 1.79. The van der Waals surface area contributed by atoms with Crippen molar-refractivity contribution >= 4 is 0 Å². The maximum atomic E-state index is 12.4. The molecular formula is C14H20F3NO2. The van der Waals surface area contributed by atoms with Gasteiger partial charge in [0.1, 0.15) is 11.9 Å². The molecule has 114 valence electrons. The van der Waals surface area contributed by atoms with E-state index in [1.165, 1.54) is 18.2 Å². The first-order valence-electron chi connectivity index (χ1n) is 6.32. The zero-order chi connectivity index (χ0) is 15.6. The van der Waals surface area contributed by atoms with Crippen LogP contribution in [0.2, 0.25) is 0 Å². The monoisotopic (exact) mass is 291 g/mol. The van der Waals surface area contributed by atoms with Crippen molar-refractivity contribution in [1.29, 1.82) is 0 Å². The highest BCUT2D eigenvalue weighted by molar-refractivity contribution is 5.37. The van der Waals surface area contributed by atoms with Gasteiger partial charge in [0.15, 0.2) is 0 Å². The van der Waals surface area contributed by atoms with E-state index < -0.39 is 18.0 Å². The van der Waals surface area contributed by atoms with Crippen molar-refractivity contribution in [2.45, 2.75) is 38.3 Å². The van der Waals surface area contributed by atoms with E-state index in [1.807, 2.05) is 6.92 Å². The zero-order valence-corrected chi connectivity index (χ0v) is 12.0. The molecule has 0 bridgehead atoms. The second kappa shape index (κ2) is 6.01. The zero-order valence-electron chi connectivity index (χ0n) is 12.0. The van der Waals surface area contributed by atoms with Gasteiger partial charge in [-0.1, -0.05) is 25.1 Å². The van der Waals surface area contributed by atoms with Crippen molar-refractivity contribution in [1.82, 2.24) is 4.90 Å². The van der Waals surface area contributed by atoms with Crippen LogP contribution in [-0.2, 0) is 0 Å². The van der Waals surface area contributed by atoms with Crippen molar-refractivity contribution in [3.63, 3.8) is 0 Å². The van der Waals surface area contributed by atoms with Gasteiger partial charge in [-0.2, -0.15) is 0 Å². The summed E-state index contributed by atoms with van der Waals surface area (Å²) in [6, 6.07) is 5.67. The third kappa shape index (κ3) is 3.64. The Balaban J connectivity index is 3.19. The molecule has 0 fully saturated rings. The summed E-state index contributed by atoms with van der Waals surface area (Å²) in [5, 5.41) is 10.5. The molecule has 0 aliphatic carbocycles. The molecule has 0 saturated heterocycles. The minimum absolute atomic E-state index is 0.128. The SMILES string of the molecule is CCC(C)(C(O)c1ccccc1OC(F)(F)F)N(C)C. The van der Waals surface area contributed by atoms with Crippen LogP contribution >= 0.6 is 0 Å². The molecule has 2 unspecified atom stereocenters. The van der Waals surface area contributed by atoms with Gasteiger partial charge in [0.05, 0.1) is 0 Å². The second-order valence-corrected chi connectivity index (χ2v) is 5.09. The molecule has 0 aromatic heterocycles. The van der Waals surface area contributed by atoms with Crippen LogP contribution in [0.25, 0.3) is 0 Å². The highest BCUT2D eigenvalue weighted by atomic mass is 19.4. The van der Waals surface area contributed by atoms with Crippen LogP contribution in [0, 0.1) is 0 Å². The standard InChI is InChI=1S/C14H20F3NO2/c1-5-13(2,18(3)4)12(19)10-8-6-7-9-11(10)20-14(15,16)17/h6-9,12,19H,5H2,1-4H3. The molecule has 2 atom stereocenters. The topological polar surface area (TPSA) is 32.7 Å². The maximum absolute atomic E-state index is 12.4. The molecule has 20 heavy (non-hydrogen) atoms. The van der Waals surface area contributed by atoms with Crippen LogP contribution in [-0.4, -0.2) is 36.0 Å². The molecule has 1 aromatic rings. The number of ether oxygens (including phenoxy) is 1. The first-order valence-corrected chi connectivity index (χ1v) is 6.32. The Kier molecular flexibility index (Phi) is 5.05. The molecular weight excluding hydrogens is 271 g/mol. The van der Waals surface area contributed by atoms with Crippen molar-refractivity contribution in [3.8, 4) is 5.75 Å². The number of para-hydroxylation sites is 1. The average molecular weight is 291 g/mol. The summed E-state index contributed by atoms with van der Waals surface area (Å²) in [6.07, 6.45) is -5.31. The smallest absolute Gasteiger partial charge is 0.405 e. The highest BCUT2D eigenvalue weighted by Crippen LogP contribution is 2.38. The molecule has 0 saturated carbocycles. The van der Waals surface area contributed by atoms with E-state index in [0.29, 0.717) is 6.42 Å². The van der Waals surface area contributed by atoms with E-state index >= 15 is 0 Å². The Morgan fingerprint density at radius 1 is 1.25 bits per heavy atom. The molecule has 0 heterocycles. The van der Waals surface area contributed by atoms with Crippen LogP contribution in [0.3, 0.4) is 0 Å². The van der Waals surface area contributed by atoms with E-state index in [-0.39, 0.29) is 11.3 Å².